The summed E-state index contributed by atoms with van der Waals surface area (Å²) in [5, 5.41) is 19.8. The highest BCUT2D eigenvalue weighted by Gasteiger charge is 2.26. The second kappa shape index (κ2) is 5.04. The Morgan fingerprint density at radius 2 is 1.80 bits per heavy atom. The number of hydrogen-bond acceptors (Lipinski definition) is 3. The van der Waals surface area contributed by atoms with Crippen molar-refractivity contribution < 1.29 is 19.0 Å². The lowest BCUT2D eigenvalue weighted by Crippen LogP contribution is -2.35. The number of nitrogens with one attached hydrogen (secondary N) is 1. The molecule has 1 aromatic carbocycles. The lowest BCUT2D eigenvalue weighted by Gasteiger charge is -2.13. The van der Waals surface area contributed by atoms with Crippen molar-refractivity contribution in [2.45, 2.75) is 12.5 Å². The normalized spacial score (nSPS) is 11.7. The summed E-state index contributed by atoms with van der Waals surface area (Å²) in [6.45, 7) is -1.45. The maximum atomic E-state index is 12.6. The van der Waals surface area contributed by atoms with E-state index in [1.165, 1.54) is 12.1 Å². The standard InChI is InChI=1S/C10H13F2NO2/c11-10(12,7-14)6-13-5-8-1-3-9(15)4-2-8/h1-4,13-15H,5-7H2. The van der Waals surface area contributed by atoms with Crippen LogP contribution < -0.4 is 5.32 Å². The Kier molecular flexibility index (Phi) is 3.99. The van der Waals surface area contributed by atoms with Crippen molar-refractivity contribution in [3.05, 3.63) is 29.8 Å². The number of aliphatic hydroxyl groups excluding tert-OH is 1. The molecule has 0 aliphatic carbocycles. The van der Waals surface area contributed by atoms with Crippen LogP contribution >= 0.6 is 0 Å². The van der Waals surface area contributed by atoms with E-state index in [4.69, 9.17) is 10.2 Å². The second-order valence-corrected chi connectivity index (χ2v) is 3.28. The molecule has 0 spiro atoms. The van der Waals surface area contributed by atoms with Crippen LogP contribution in [0.2, 0.25) is 0 Å². The van der Waals surface area contributed by atoms with E-state index in [-0.39, 0.29) is 12.3 Å². The molecule has 3 N–H and O–H groups in total. The van der Waals surface area contributed by atoms with Gasteiger partial charge >= 0.3 is 0 Å². The Morgan fingerprint density at radius 3 is 2.33 bits per heavy atom. The summed E-state index contributed by atoms with van der Waals surface area (Å²) in [6, 6.07) is 6.25. The summed E-state index contributed by atoms with van der Waals surface area (Å²) >= 11 is 0. The van der Waals surface area contributed by atoms with Gasteiger partial charge in [-0.3, -0.25) is 0 Å². The van der Waals surface area contributed by atoms with Crippen molar-refractivity contribution in [3.8, 4) is 5.75 Å². The predicted molar refractivity (Wildman–Crippen MR) is 51.8 cm³/mol. The average molecular weight is 217 g/mol. The number of alkyl halides is 2. The van der Waals surface area contributed by atoms with Crippen LogP contribution in [0.15, 0.2) is 24.3 Å². The number of phenols is 1. The van der Waals surface area contributed by atoms with Crippen LogP contribution in [0.5, 0.6) is 5.75 Å². The van der Waals surface area contributed by atoms with Gasteiger partial charge < -0.3 is 15.5 Å². The number of halogens is 2. The minimum absolute atomic E-state index is 0.138. The Bertz CT molecular complexity index is 301. The maximum absolute atomic E-state index is 12.6. The van der Waals surface area contributed by atoms with Crippen LogP contribution in [-0.4, -0.2) is 29.3 Å². The summed E-state index contributed by atoms with van der Waals surface area (Å²) in [6.07, 6.45) is 0. The van der Waals surface area contributed by atoms with Crippen LogP contribution in [0.25, 0.3) is 0 Å². The van der Waals surface area contributed by atoms with Gasteiger partial charge in [0.25, 0.3) is 5.92 Å². The molecule has 15 heavy (non-hydrogen) atoms. The van der Waals surface area contributed by atoms with E-state index >= 15 is 0 Å². The minimum Gasteiger partial charge on any atom is -0.508 e. The molecular weight excluding hydrogens is 204 g/mol. The Balaban J connectivity index is 2.35. The first kappa shape index (κ1) is 11.9. The Labute approximate surface area is 86.4 Å². The van der Waals surface area contributed by atoms with Gasteiger partial charge in [0.15, 0.2) is 0 Å². The van der Waals surface area contributed by atoms with E-state index in [1.54, 1.807) is 12.1 Å². The van der Waals surface area contributed by atoms with Crippen LogP contribution in [0.4, 0.5) is 8.78 Å². The van der Waals surface area contributed by atoms with E-state index in [0.29, 0.717) is 0 Å². The molecule has 0 heterocycles. The molecule has 84 valence electrons. The van der Waals surface area contributed by atoms with Gasteiger partial charge in [0.1, 0.15) is 12.4 Å². The van der Waals surface area contributed by atoms with Crippen molar-refractivity contribution in [1.29, 1.82) is 0 Å². The van der Waals surface area contributed by atoms with E-state index in [9.17, 15) is 8.78 Å². The number of phenolic OH excluding ortho intramolecular Hbond substituents is 1. The van der Waals surface area contributed by atoms with Crippen molar-refractivity contribution >= 4 is 0 Å². The van der Waals surface area contributed by atoms with Crippen molar-refractivity contribution in [1.82, 2.24) is 5.32 Å². The van der Waals surface area contributed by atoms with Gasteiger partial charge in [0.05, 0.1) is 6.54 Å². The molecule has 0 aromatic heterocycles. The highest BCUT2D eigenvalue weighted by molar-refractivity contribution is 5.25. The molecular formula is C10H13F2NO2. The summed E-state index contributed by atoms with van der Waals surface area (Å²) in [4.78, 5) is 0. The third kappa shape index (κ3) is 4.22. The van der Waals surface area contributed by atoms with Gasteiger partial charge in [-0.25, -0.2) is 8.78 Å². The van der Waals surface area contributed by atoms with Crippen molar-refractivity contribution in [2.75, 3.05) is 13.2 Å². The first-order valence-corrected chi connectivity index (χ1v) is 4.51. The minimum atomic E-state index is -3.09. The van der Waals surface area contributed by atoms with Crippen LogP contribution in [0.1, 0.15) is 5.56 Å². The molecule has 0 aliphatic heterocycles. The highest BCUT2D eigenvalue weighted by atomic mass is 19.3. The SMILES string of the molecule is OCC(F)(F)CNCc1ccc(O)cc1. The number of aromatic hydroxyl groups is 1. The summed E-state index contributed by atoms with van der Waals surface area (Å²) < 4.78 is 25.1. The summed E-state index contributed by atoms with van der Waals surface area (Å²) in [7, 11) is 0. The predicted octanol–water partition coefficient (Wildman–Crippen LogP) is 1.11. The van der Waals surface area contributed by atoms with Crippen LogP contribution in [0, 0.1) is 0 Å². The fraction of sp³-hybridized carbons (Fsp3) is 0.400. The summed E-state index contributed by atoms with van der Waals surface area (Å²) in [5.74, 6) is -2.95. The largest absolute Gasteiger partial charge is 0.508 e. The number of benzene rings is 1. The molecule has 0 amide bonds. The highest BCUT2D eigenvalue weighted by Crippen LogP contribution is 2.12. The maximum Gasteiger partial charge on any atom is 0.282 e. The van der Waals surface area contributed by atoms with E-state index in [0.717, 1.165) is 5.56 Å². The number of aliphatic hydroxyl groups is 1. The fourth-order valence-corrected chi connectivity index (χ4v) is 1.06. The molecule has 0 saturated carbocycles. The molecule has 3 nitrogen and oxygen atoms in total. The molecule has 5 heteroatoms. The molecule has 0 radical (unpaired) electrons. The van der Waals surface area contributed by atoms with Crippen LogP contribution in [-0.2, 0) is 6.54 Å². The molecule has 0 saturated heterocycles. The smallest absolute Gasteiger partial charge is 0.282 e. The quantitative estimate of drug-likeness (QED) is 0.692. The Morgan fingerprint density at radius 1 is 1.20 bits per heavy atom. The number of rotatable bonds is 5. The molecule has 0 unspecified atom stereocenters. The first-order valence-electron chi connectivity index (χ1n) is 4.51. The van der Waals surface area contributed by atoms with Gasteiger partial charge in [-0.1, -0.05) is 12.1 Å². The molecule has 0 bridgehead atoms. The summed E-state index contributed by atoms with van der Waals surface area (Å²) in [5.41, 5.74) is 0.793. The molecule has 0 atom stereocenters. The third-order valence-electron chi connectivity index (χ3n) is 1.88. The molecule has 1 aromatic rings. The first-order chi connectivity index (χ1) is 7.03. The zero-order valence-electron chi connectivity index (χ0n) is 8.08. The van der Waals surface area contributed by atoms with Gasteiger partial charge in [-0.15, -0.1) is 0 Å². The molecule has 0 fully saturated rings. The monoisotopic (exact) mass is 217 g/mol. The fourth-order valence-electron chi connectivity index (χ4n) is 1.06. The van der Waals surface area contributed by atoms with E-state index in [2.05, 4.69) is 5.32 Å². The third-order valence-corrected chi connectivity index (χ3v) is 1.88. The van der Waals surface area contributed by atoms with Crippen LogP contribution in [0.3, 0.4) is 0 Å². The van der Waals surface area contributed by atoms with E-state index < -0.39 is 19.1 Å². The second-order valence-electron chi connectivity index (χ2n) is 3.28. The topological polar surface area (TPSA) is 52.5 Å². The lowest BCUT2D eigenvalue weighted by molar-refractivity contribution is -0.0477. The number of hydrogen-bond donors (Lipinski definition) is 3. The average Bonchev–Trinajstić information content (AvgIpc) is 2.21. The zero-order valence-corrected chi connectivity index (χ0v) is 8.08. The van der Waals surface area contributed by atoms with Crippen molar-refractivity contribution in [3.63, 3.8) is 0 Å². The zero-order chi connectivity index (χ0) is 11.3. The van der Waals surface area contributed by atoms with E-state index in [1.807, 2.05) is 0 Å². The van der Waals surface area contributed by atoms with Gasteiger partial charge in [-0.05, 0) is 17.7 Å². The van der Waals surface area contributed by atoms with Crippen molar-refractivity contribution in [2.24, 2.45) is 0 Å². The van der Waals surface area contributed by atoms with Gasteiger partial charge in [0, 0.05) is 6.54 Å². The lowest BCUT2D eigenvalue weighted by atomic mass is 10.2. The van der Waals surface area contributed by atoms with Gasteiger partial charge in [-0.2, -0.15) is 0 Å². The van der Waals surface area contributed by atoms with Gasteiger partial charge in [0.2, 0.25) is 0 Å². The molecule has 1 rings (SSSR count). The Hall–Kier alpha value is -1.20. The molecule has 0 aliphatic rings.